The third kappa shape index (κ3) is 2.56. The lowest BCUT2D eigenvalue weighted by atomic mass is 9.96. The average molecular weight is 361 g/mol. The molecule has 0 aromatic heterocycles. The average Bonchev–Trinajstić information content (AvgIpc) is 3.15. The molecule has 2 heterocycles. The lowest BCUT2D eigenvalue weighted by molar-refractivity contribution is -0.0190. The Labute approximate surface area is 157 Å². The largest absolute Gasteiger partial charge is 0.464 e. The second-order valence-electron chi connectivity index (χ2n) is 6.58. The van der Waals surface area contributed by atoms with Crippen molar-refractivity contribution in [2.45, 2.75) is 18.7 Å². The third-order valence-electron chi connectivity index (χ3n) is 4.94. The van der Waals surface area contributed by atoms with E-state index >= 15 is 0 Å². The highest BCUT2D eigenvalue weighted by Crippen LogP contribution is 2.48. The minimum atomic E-state index is -0.240. The van der Waals surface area contributed by atoms with Gasteiger partial charge in [-0.15, -0.1) is 0 Å². The number of rotatable bonds is 2. The number of hydrogen-bond donors (Lipinski definition) is 0. The van der Waals surface area contributed by atoms with Crippen LogP contribution in [0, 0.1) is 0 Å². The monoisotopic (exact) mass is 360 g/mol. The van der Waals surface area contributed by atoms with Gasteiger partial charge in [0.25, 0.3) is 0 Å². The van der Waals surface area contributed by atoms with Crippen LogP contribution < -0.4 is 4.74 Å². The van der Waals surface area contributed by atoms with Gasteiger partial charge in [-0.05, 0) is 23.8 Å². The van der Waals surface area contributed by atoms with Crippen molar-refractivity contribution >= 4 is 17.3 Å². The van der Waals surface area contributed by atoms with Crippen molar-refractivity contribution < 1.29 is 4.74 Å². The maximum absolute atomic E-state index is 6.33. The molecule has 0 radical (unpaired) electrons. The maximum atomic E-state index is 6.33. The normalized spacial score (nSPS) is 20.8. The molecule has 0 saturated carbocycles. The highest BCUT2D eigenvalue weighted by atomic mass is 35.5. The van der Waals surface area contributed by atoms with Crippen molar-refractivity contribution in [3.8, 4) is 5.75 Å². The first-order valence-corrected chi connectivity index (χ1v) is 9.10. The fraction of sp³-hybridized carbons (Fsp3) is 0.136. The van der Waals surface area contributed by atoms with Gasteiger partial charge in [0.2, 0.25) is 6.23 Å². The second kappa shape index (κ2) is 6.19. The van der Waals surface area contributed by atoms with E-state index in [1.54, 1.807) is 0 Å². The quantitative estimate of drug-likeness (QED) is 0.595. The second-order valence-corrected chi connectivity index (χ2v) is 7.01. The minimum absolute atomic E-state index is 0.123. The molecular weight excluding hydrogens is 344 g/mol. The number of benzene rings is 3. The molecule has 0 unspecified atom stereocenters. The maximum Gasteiger partial charge on any atom is 0.213 e. The first kappa shape index (κ1) is 15.5. The Bertz CT molecular complexity index is 972. The van der Waals surface area contributed by atoms with Gasteiger partial charge < -0.3 is 4.74 Å². The predicted molar refractivity (Wildman–Crippen MR) is 103 cm³/mol. The summed E-state index contributed by atoms with van der Waals surface area (Å²) in [6.07, 6.45) is 0.598. The molecular formula is C22H17ClN2O. The molecule has 3 nitrogen and oxygen atoms in total. The van der Waals surface area contributed by atoms with Gasteiger partial charge in [-0.1, -0.05) is 72.3 Å². The molecule has 0 N–H and O–H groups in total. The summed E-state index contributed by atoms with van der Waals surface area (Å²) in [6, 6.07) is 26.5. The van der Waals surface area contributed by atoms with Crippen LogP contribution in [0.5, 0.6) is 5.75 Å². The number of ether oxygens (including phenoxy) is 1. The Morgan fingerprint density at radius 3 is 2.42 bits per heavy atom. The Morgan fingerprint density at radius 2 is 1.65 bits per heavy atom. The van der Waals surface area contributed by atoms with Crippen molar-refractivity contribution in [3.63, 3.8) is 0 Å². The fourth-order valence-electron chi connectivity index (χ4n) is 3.70. The van der Waals surface area contributed by atoms with Crippen LogP contribution in [0.15, 0.2) is 84.0 Å². The van der Waals surface area contributed by atoms with Gasteiger partial charge in [0, 0.05) is 22.6 Å². The van der Waals surface area contributed by atoms with Crippen molar-refractivity contribution in [2.24, 2.45) is 5.10 Å². The predicted octanol–water partition coefficient (Wildman–Crippen LogP) is 5.58. The highest BCUT2D eigenvalue weighted by molar-refractivity contribution is 6.30. The molecule has 3 aromatic rings. The summed E-state index contributed by atoms with van der Waals surface area (Å²) in [5.74, 6) is 0.883. The summed E-state index contributed by atoms with van der Waals surface area (Å²) in [5, 5.41) is 7.75. The van der Waals surface area contributed by atoms with E-state index in [4.69, 9.17) is 21.4 Å². The zero-order valence-corrected chi connectivity index (χ0v) is 14.8. The van der Waals surface area contributed by atoms with E-state index in [0.717, 1.165) is 39.6 Å². The number of halogens is 1. The first-order chi connectivity index (χ1) is 12.8. The SMILES string of the molecule is Clc1ccc2c(c1)[C@@H]1CC(c3ccccc3)=NN1[C@H](c1ccccc1)O2. The van der Waals surface area contributed by atoms with Gasteiger partial charge in [-0.3, -0.25) is 0 Å². The standard InChI is InChI=1S/C22H17ClN2O/c23-17-11-12-21-18(13-17)20-14-19(15-7-3-1-4-8-15)24-25(20)22(26-21)16-9-5-2-6-10-16/h1-13,20,22H,14H2/t20-,22-/m0/s1. The molecule has 0 saturated heterocycles. The van der Waals surface area contributed by atoms with Crippen LogP contribution in [-0.4, -0.2) is 10.7 Å². The fourth-order valence-corrected chi connectivity index (χ4v) is 3.88. The van der Waals surface area contributed by atoms with Crippen LogP contribution in [-0.2, 0) is 0 Å². The summed E-state index contributed by atoms with van der Waals surface area (Å²) in [5.41, 5.74) is 4.42. The van der Waals surface area contributed by atoms with Crippen LogP contribution in [0.4, 0.5) is 0 Å². The topological polar surface area (TPSA) is 24.8 Å². The molecule has 0 fully saturated rings. The summed E-state index contributed by atoms with van der Waals surface area (Å²) < 4.78 is 6.33. The third-order valence-corrected chi connectivity index (χ3v) is 5.18. The van der Waals surface area contributed by atoms with Gasteiger partial charge in [-0.25, -0.2) is 5.01 Å². The smallest absolute Gasteiger partial charge is 0.213 e. The molecule has 0 amide bonds. The van der Waals surface area contributed by atoms with Crippen molar-refractivity contribution in [2.75, 3.05) is 0 Å². The van der Waals surface area contributed by atoms with Gasteiger partial charge >= 0.3 is 0 Å². The molecule has 4 heteroatoms. The van der Waals surface area contributed by atoms with E-state index in [2.05, 4.69) is 29.3 Å². The van der Waals surface area contributed by atoms with Crippen molar-refractivity contribution in [3.05, 3.63) is 101 Å². The molecule has 5 rings (SSSR count). The molecule has 3 aromatic carbocycles. The van der Waals surface area contributed by atoms with Crippen LogP contribution in [0.3, 0.4) is 0 Å². The molecule has 2 atom stereocenters. The van der Waals surface area contributed by atoms with Crippen LogP contribution in [0.2, 0.25) is 5.02 Å². The molecule has 2 aliphatic rings. The molecule has 26 heavy (non-hydrogen) atoms. The molecule has 0 bridgehead atoms. The van der Waals surface area contributed by atoms with E-state index in [-0.39, 0.29) is 12.3 Å². The minimum Gasteiger partial charge on any atom is -0.464 e. The van der Waals surface area contributed by atoms with E-state index in [9.17, 15) is 0 Å². The summed E-state index contributed by atoms with van der Waals surface area (Å²) in [7, 11) is 0. The van der Waals surface area contributed by atoms with E-state index in [1.807, 2.05) is 54.6 Å². The zero-order valence-electron chi connectivity index (χ0n) is 14.0. The zero-order chi connectivity index (χ0) is 17.5. The van der Waals surface area contributed by atoms with E-state index in [1.165, 1.54) is 0 Å². The van der Waals surface area contributed by atoms with Gasteiger partial charge in [-0.2, -0.15) is 5.10 Å². The van der Waals surface area contributed by atoms with Gasteiger partial charge in [0.15, 0.2) is 0 Å². The molecule has 0 spiro atoms. The lowest BCUT2D eigenvalue weighted by Gasteiger charge is -2.38. The van der Waals surface area contributed by atoms with E-state index < -0.39 is 0 Å². The van der Waals surface area contributed by atoms with Crippen molar-refractivity contribution in [1.29, 1.82) is 0 Å². The first-order valence-electron chi connectivity index (χ1n) is 8.72. The summed E-state index contributed by atoms with van der Waals surface area (Å²) in [6.45, 7) is 0. The number of nitrogens with zero attached hydrogens (tertiary/aromatic N) is 2. The Morgan fingerprint density at radius 1 is 0.923 bits per heavy atom. The summed E-state index contributed by atoms with van der Waals surface area (Å²) in [4.78, 5) is 0. The number of hydrazone groups is 1. The summed E-state index contributed by atoms with van der Waals surface area (Å²) >= 11 is 6.26. The van der Waals surface area contributed by atoms with Crippen molar-refractivity contribution in [1.82, 2.24) is 5.01 Å². The molecule has 128 valence electrons. The molecule has 2 aliphatic heterocycles. The van der Waals surface area contributed by atoms with Gasteiger partial charge in [0.1, 0.15) is 5.75 Å². The van der Waals surface area contributed by atoms with Crippen LogP contribution in [0.25, 0.3) is 0 Å². The Kier molecular flexibility index (Phi) is 3.68. The van der Waals surface area contributed by atoms with Crippen LogP contribution >= 0.6 is 11.6 Å². The van der Waals surface area contributed by atoms with Crippen LogP contribution in [0.1, 0.15) is 35.4 Å². The molecule has 0 aliphatic carbocycles. The Balaban J connectivity index is 1.62. The van der Waals surface area contributed by atoms with Gasteiger partial charge in [0.05, 0.1) is 11.8 Å². The Hall–Kier alpha value is -2.78. The van der Waals surface area contributed by atoms with E-state index in [0.29, 0.717) is 0 Å². The number of hydrogen-bond acceptors (Lipinski definition) is 3. The number of fused-ring (bicyclic) bond motifs is 3. The lowest BCUT2D eigenvalue weighted by Crippen LogP contribution is -2.33. The highest BCUT2D eigenvalue weighted by Gasteiger charge is 2.40.